The van der Waals surface area contributed by atoms with Crippen molar-refractivity contribution in [2.75, 3.05) is 5.43 Å². The highest BCUT2D eigenvalue weighted by Gasteiger charge is 2.10. The molecule has 1 amide bonds. The summed E-state index contributed by atoms with van der Waals surface area (Å²) in [5.41, 5.74) is 4.68. The number of amides is 1. The fourth-order valence-corrected chi connectivity index (χ4v) is 2.12. The molecule has 0 saturated heterocycles. The molecule has 0 fully saturated rings. The molecule has 4 heteroatoms. The Morgan fingerprint density at radius 1 is 1.00 bits per heavy atom. The van der Waals surface area contributed by atoms with Gasteiger partial charge in [-0.25, -0.2) is 4.57 Å². The Morgan fingerprint density at radius 3 is 2.38 bits per heavy atom. The van der Waals surface area contributed by atoms with Crippen LogP contribution in [0.5, 0.6) is 0 Å². The highest BCUT2D eigenvalue weighted by atomic mass is 16.2. The molecule has 3 rings (SSSR count). The molecule has 0 atom stereocenters. The van der Waals surface area contributed by atoms with Gasteiger partial charge in [0.15, 0.2) is 6.20 Å². The van der Waals surface area contributed by atoms with Gasteiger partial charge in [-0.15, -0.1) is 4.68 Å². The minimum Gasteiger partial charge on any atom is -0.266 e. The number of nitrogens with one attached hydrogen (secondary N) is 1. The predicted molar refractivity (Wildman–Crippen MR) is 80.3 cm³/mol. The molecule has 4 nitrogen and oxygen atoms in total. The fourth-order valence-electron chi connectivity index (χ4n) is 2.12. The van der Waals surface area contributed by atoms with Crippen LogP contribution < -0.4 is 9.99 Å². The van der Waals surface area contributed by atoms with Crippen LogP contribution in [-0.2, 0) is 6.54 Å². The summed E-state index contributed by atoms with van der Waals surface area (Å²) in [6.07, 6.45) is 5.61. The summed E-state index contributed by atoms with van der Waals surface area (Å²) < 4.78 is 3.68. The van der Waals surface area contributed by atoms with Crippen LogP contribution in [0.3, 0.4) is 0 Å². The van der Waals surface area contributed by atoms with Crippen LogP contribution in [0.4, 0.5) is 0 Å². The maximum Gasteiger partial charge on any atom is 0.286 e. The molecule has 0 saturated carbocycles. The smallest absolute Gasteiger partial charge is 0.266 e. The highest BCUT2D eigenvalue weighted by Crippen LogP contribution is 1.99. The number of hydrogen-bond donors (Lipinski definition) is 1. The van der Waals surface area contributed by atoms with Gasteiger partial charge in [-0.05, 0) is 17.7 Å². The number of imidazole rings is 1. The van der Waals surface area contributed by atoms with Crippen LogP contribution >= 0.6 is 0 Å². The van der Waals surface area contributed by atoms with E-state index in [1.165, 1.54) is 5.56 Å². The van der Waals surface area contributed by atoms with Gasteiger partial charge < -0.3 is 0 Å². The minimum atomic E-state index is -0.127. The van der Waals surface area contributed by atoms with Gasteiger partial charge in [-0.3, -0.25) is 4.79 Å². The molecule has 3 aromatic rings. The lowest BCUT2D eigenvalue weighted by Gasteiger charge is -2.00. The molecule has 1 aromatic heterocycles. The zero-order chi connectivity index (χ0) is 14.5. The van der Waals surface area contributed by atoms with Gasteiger partial charge in [0.25, 0.3) is 12.2 Å². The minimum absolute atomic E-state index is 0.127. The Hall–Kier alpha value is -2.88. The maximum atomic E-state index is 12.0. The molecule has 1 heterocycles. The fraction of sp³-hybridized carbons (Fsp3) is 0.0588. The molecule has 0 spiro atoms. The lowest BCUT2D eigenvalue weighted by Crippen LogP contribution is -2.33. The molecular formula is C17H16N3O+. The van der Waals surface area contributed by atoms with Gasteiger partial charge in [0.1, 0.15) is 12.7 Å². The SMILES string of the molecule is O=C(Nn1cc[n+](Cc2ccccc2)c1)c1ccccc1. The first-order chi connectivity index (χ1) is 10.3. The zero-order valence-electron chi connectivity index (χ0n) is 11.5. The number of carbonyl (C=O) groups excluding carboxylic acids is 1. The van der Waals surface area contributed by atoms with Gasteiger partial charge in [0.05, 0.1) is 0 Å². The second-order valence-corrected chi connectivity index (χ2v) is 4.79. The number of aromatic nitrogens is 2. The summed E-state index contributed by atoms with van der Waals surface area (Å²) in [7, 11) is 0. The van der Waals surface area contributed by atoms with E-state index >= 15 is 0 Å². The van der Waals surface area contributed by atoms with Crippen molar-refractivity contribution in [2.45, 2.75) is 6.54 Å². The quantitative estimate of drug-likeness (QED) is 0.730. The molecule has 1 N–H and O–H groups in total. The van der Waals surface area contributed by atoms with Gasteiger partial charge >= 0.3 is 0 Å². The molecule has 0 aliphatic carbocycles. The molecule has 2 aromatic carbocycles. The topological polar surface area (TPSA) is 37.9 Å². The van der Waals surface area contributed by atoms with Crippen molar-refractivity contribution in [3.63, 3.8) is 0 Å². The maximum absolute atomic E-state index is 12.0. The Labute approximate surface area is 123 Å². The van der Waals surface area contributed by atoms with Crippen molar-refractivity contribution in [1.82, 2.24) is 4.68 Å². The number of rotatable bonds is 4. The average molecular weight is 278 g/mol. The second-order valence-electron chi connectivity index (χ2n) is 4.79. The van der Waals surface area contributed by atoms with Gasteiger partial charge in [0.2, 0.25) is 0 Å². The van der Waals surface area contributed by atoms with Crippen molar-refractivity contribution >= 4 is 5.91 Å². The first-order valence-corrected chi connectivity index (χ1v) is 6.79. The second kappa shape index (κ2) is 6.05. The third-order valence-electron chi connectivity index (χ3n) is 3.17. The van der Waals surface area contributed by atoms with E-state index in [0.29, 0.717) is 5.56 Å². The monoisotopic (exact) mass is 278 g/mol. The van der Waals surface area contributed by atoms with E-state index in [-0.39, 0.29) is 5.91 Å². The average Bonchev–Trinajstić information content (AvgIpc) is 2.96. The normalized spacial score (nSPS) is 10.3. The third kappa shape index (κ3) is 3.36. The predicted octanol–water partition coefficient (Wildman–Crippen LogP) is 2.21. The first kappa shape index (κ1) is 13.1. The van der Waals surface area contributed by atoms with Crippen LogP contribution in [0.1, 0.15) is 15.9 Å². The Bertz CT molecular complexity index is 720. The summed E-state index contributed by atoms with van der Waals surface area (Å²) in [6, 6.07) is 19.3. The summed E-state index contributed by atoms with van der Waals surface area (Å²) in [5, 5.41) is 0. The van der Waals surface area contributed by atoms with Crippen molar-refractivity contribution in [1.29, 1.82) is 0 Å². The molecule has 0 bridgehead atoms. The number of hydrogen-bond acceptors (Lipinski definition) is 1. The van der Waals surface area contributed by atoms with Crippen molar-refractivity contribution in [3.8, 4) is 0 Å². The molecule has 0 aliphatic rings. The molecular weight excluding hydrogens is 262 g/mol. The standard InChI is InChI=1S/C17H15N3O/c21-17(16-9-5-2-6-10-16)18-20-12-11-19(14-20)13-15-7-3-1-4-8-15/h1-12,14H,13H2/p+1. The molecule has 104 valence electrons. The lowest BCUT2D eigenvalue weighted by molar-refractivity contribution is -0.687. The van der Waals surface area contributed by atoms with Crippen molar-refractivity contribution in [3.05, 3.63) is 90.5 Å². The Morgan fingerprint density at radius 2 is 1.67 bits per heavy atom. The number of benzene rings is 2. The van der Waals surface area contributed by atoms with Gasteiger partial charge in [-0.2, -0.15) is 5.43 Å². The lowest BCUT2D eigenvalue weighted by atomic mass is 10.2. The van der Waals surface area contributed by atoms with Crippen LogP contribution in [0.2, 0.25) is 0 Å². The van der Waals surface area contributed by atoms with E-state index in [1.54, 1.807) is 16.8 Å². The van der Waals surface area contributed by atoms with E-state index in [2.05, 4.69) is 17.6 Å². The van der Waals surface area contributed by atoms with E-state index in [0.717, 1.165) is 6.54 Å². The van der Waals surface area contributed by atoms with E-state index in [4.69, 9.17) is 0 Å². The summed E-state index contributed by atoms with van der Waals surface area (Å²) in [5.74, 6) is -0.127. The van der Waals surface area contributed by atoms with E-state index < -0.39 is 0 Å². The Kier molecular flexibility index (Phi) is 3.78. The van der Waals surface area contributed by atoms with E-state index in [9.17, 15) is 4.79 Å². The highest BCUT2D eigenvalue weighted by molar-refractivity contribution is 5.99. The van der Waals surface area contributed by atoms with Crippen LogP contribution in [0.25, 0.3) is 0 Å². The molecule has 0 unspecified atom stereocenters. The number of nitrogens with zero attached hydrogens (tertiary/aromatic N) is 2. The zero-order valence-corrected chi connectivity index (χ0v) is 11.5. The number of carbonyl (C=O) groups is 1. The first-order valence-electron chi connectivity index (χ1n) is 6.79. The Balaban J connectivity index is 1.67. The molecule has 0 radical (unpaired) electrons. The summed E-state index contributed by atoms with van der Waals surface area (Å²) in [4.78, 5) is 12.0. The van der Waals surface area contributed by atoms with Crippen LogP contribution in [-0.4, -0.2) is 10.6 Å². The van der Waals surface area contributed by atoms with Crippen LogP contribution in [0, 0.1) is 0 Å². The third-order valence-corrected chi connectivity index (χ3v) is 3.17. The molecule has 0 aliphatic heterocycles. The van der Waals surface area contributed by atoms with Gasteiger partial charge in [0, 0.05) is 5.56 Å². The van der Waals surface area contributed by atoms with E-state index in [1.807, 2.05) is 59.7 Å². The molecule has 21 heavy (non-hydrogen) atoms. The van der Waals surface area contributed by atoms with Crippen LogP contribution in [0.15, 0.2) is 79.4 Å². The van der Waals surface area contributed by atoms with Gasteiger partial charge in [-0.1, -0.05) is 48.5 Å². The summed E-state index contributed by atoms with van der Waals surface area (Å²) in [6.45, 7) is 0.773. The summed E-state index contributed by atoms with van der Waals surface area (Å²) >= 11 is 0. The van der Waals surface area contributed by atoms with Crippen molar-refractivity contribution < 1.29 is 9.36 Å². The largest absolute Gasteiger partial charge is 0.286 e. The van der Waals surface area contributed by atoms with Crippen molar-refractivity contribution in [2.24, 2.45) is 0 Å².